The van der Waals surface area contributed by atoms with Crippen LogP contribution in [0.4, 0.5) is 0 Å². The van der Waals surface area contributed by atoms with Gasteiger partial charge in [-0.3, -0.25) is 0 Å². The standard InChI is InChI=1S/C19H23NOS2.ClH/c1-19(2)16-11-13(21)5-4-12(16)10-17(18(19)20)23-15-8-6-14(22-3)7-9-15;/h4-9,11,17-18,21H,10,20H2,1-3H3;1H/t17-,18+;/m0./s1. The summed E-state index contributed by atoms with van der Waals surface area (Å²) < 4.78 is 0. The van der Waals surface area contributed by atoms with E-state index in [4.69, 9.17) is 5.73 Å². The second-order valence-corrected chi connectivity index (χ2v) is 8.82. The lowest BCUT2D eigenvalue weighted by Gasteiger charge is -2.43. The van der Waals surface area contributed by atoms with Crippen LogP contribution in [0.3, 0.4) is 0 Å². The van der Waals surface area contributed by atoms with Gasteiger partial charge in [-0.2, -0.15) is 0 Å². The summed E-state index contributed by atoms with van der Waals surface area (Å²) in [4.78, 5) is 2.55. The molecule has 3 rings (SSSR count). The van der Waals surface area contributed by atoms with Gasteiger partial charge in [-0.05, 0) is 60.2 Å². The Balaban J connectivity index is 0.00000208. The average molecular weight is 382 g/mol. The van der Waals surface area contributed by atoms with Gasteiger partial charge in [-0.1, -0.05) is 19.9 Å². The van der Waals surface area contributed by atoms with Crippen molar-refractivity contribution in [3.63, 3.8) is 0 Å². The Bertz CT molecular complexity index is 703. The smallest absolute Gasteiger partial charge is 0.115 e. The van der Waals surface area contributed by atoms with Gasteiger partial charge in [0.05, 0.1) is 0 Å². The highest BCUT2D eigenvalue weighted by Crippen LogP contribution is 2.43. The van der Waals surface area contributed by atoms with Gasteiger partial charge in [0.15, 0.2) is 0 Å². The minimum absolute atomic E-state index is 0. The molecular formula is C19H24ClNOS2. The zero-order valence-electron chi connectivity index (χ0n) is 14.2. The van der Waals surface area contributed by atoms with E-state index in [0.29, 0.717) is 11.0 Å². The van der Waals surface area contributed by atoms with Crippen molar-refractivity contribution in [3.05, 3.63) is 53.6 Å². The molecule has 0 fully saturated rings. The van der Waals surface area contributed by atoms with E-state index in [1.807, 2.05) is 23.9 Å². The summed E-state index contributed by atoms with van der Waals surface area (Å²) in [6.07, 6.45) is 3.03. The van der Waals surface area contributed by atoms with E-state index in [2.05, 4.69) is 44.4 Å². The highest BCUT2D eigenvalue weighted by molar-refractivity contribution is 8.00. The Morgan fingerprint density at radius 1 is 1.08 bits per heavy atom. The minimum atomic E-state index is -0.150. The summed E-state index contributed by atoms with van der Waals surface area (Å²) in [6.45, 7) is 4.36. The van der Waals surface area contributed by atoms with E-state index in [-0.39, 0.29) is 23.9 Å². The molecule has 0 saturated heterocycles. The predicted octanol–water partition coefficient (Wildman–Crippen LogP) is 4.86. The van der Waals surface area contributed by atoms with Crippen LogP contribution >= 0.6 is 35.9 Å². The van der Waals surface area contributed by atoms with Crippen molar-refractivity contribution in [1.82, 2.24) is 0 Å². The van der Waals surface area contributed by atoms with Crippen LogP contribution in [0.15, 0.2) is 52.3 Å². The molecule has 5 heteroatoms. The topological polar surface area (TPSA) is 46.2 Å². The maximum Gasteiger partial charge on any atom is 0.115 e. The van der Waals surface area contributed by atoms with E-state index in [1.54, 1.807) is 17.8 Å². The van der Waals surface area contributed by atoms with Gasteiger partial charge >= 0.3 is 0 Å². The Hall–Kier alpha value is -0.810. The van der Waals surface area contributed by atoms with Gasteiger partial charge in [0.2, 0.25) is 0 Å². The zero-order chi connectivity index (χ0) is 16.6. The van der Waals surface area contributed by atoms with E-state index in [9.17, 15) is 5.11 Å². The molecule has 0 aromatic heterocycles. The Morgan fingerprint density at radius 2 is 1.71 bits per heavy atom. The molecule has 2 aromatic rings. The number of rotatable bonds is 3. The zero-order valence-corrected chi connectivity index (χ0v) is 16.6. The van der Waals surface area contributed by atoms with E-state index >= 15 is 0 Å². The molecule has 0 saturated carbocycles. The highest BCUT2D eigenvalue weighted by Gasteiger charge is 2.40. The molecule has 0 amide bonds. The largest absolute Gasteiger partial charge is 0.508 e. The Kier molecular flexibility index (Phi) is 6.19. The van der Waals surface area contributed by atoms with E-state index in [0.717, 1.165) is 6.42 Å². The van der Waals surface area contributed by atoms with Crippen molar-refractivity contribution >= 4 is 35.9 Å². The number of hydrogen-bond acceptors (Lipinski definition) is 4. The first-order valence-electron chi connectivity index (χ1n) is 7.80. The maximum atomic E-state index is 9.81. The molecule has 0 bridgehead atoms. The van der Waals surface area contributed by atoms with E-state index in [1.165, 1.54) is 20.9 Å². The number of thioether (sulfide) groups is 2. The third-order valence-electron chi connectivity index (χ3n) is 4.79. The summed E-state index contributed by atoms with van der Waals surface area (Å²) in [6, 6.07) is 14.4. The SMILES string of the molecule is CSc1ccc(S[C@H]2Cc3ccc(O)cc3C(C)(C)[C@@H]2N)cc1.Cl. The van der Waals surface area contributed by atoms with Crippen molar-refractivity contribution < 1.29 is 5.11 Å². The maximum absolute atomic E-state index is 9.81. The summed E-state index contributed by atoms with van der Waals surface area (Å²) >= 11 is 3.62. The van der Waals surface area contributed by atoms with Gasteiger partial charge in [0.25, 0.3) is 0 Å². The number of fused-ring (bicyclic) bond motifs is 1. The minimum Gasteiger partial charge on any atom is -0.508 e. The van der Waals surface area contributed by atoms with Gasteiger partial charge in [0.1, 0.15) is 5.75 Å². The molecule has 1 aliphatic carbocycles. The molecule has 0 radical (unpaired) electrons. The number of halogens is 1. The number of benzene rings is 2. The molecule has 2 aromatic carbocycles. The summed E-state index contributed by atoms with van der Waals surface area (Å²) in [7, 11) is 0. The van der Waals surface area contributed by atoms with Crippen molar-refractivity contribution in [3.8, 4) is 5.75 Å². The molecule has 0 aliphatic heterocycles. The first-order chi connectivity index (χ1) is 10.9. The second-order valence-electron chi connectivity index (χ2n) is 6.62. The Morgan fingerprint density at radius 3 is 2.33 bits per heavy atom. The van der Waals surface area contributed by atoms with E-state index < -0.39 is 0 Å². The lowest BCUT2D eigenvalue weighted by Crippen LogP contribution is -2.52. The molecule has 0 heterocycles. The summed E-state index contributed by atoms with van der Waals surface area (Å²) in [5.74, 6) is 0.322. The number of phenols is 1. The molecule has 3 N–H and O–H groups in total. The van der Waals surface area contributed by atoms with Gasteiger partial charge in [-0.25, -0.2) is 0 Å². The average Bonchev–Trinajstić information content (AvgIpc) is 2.54. The first kappa shape index (κ1) is 19.5. The summed E-state index contributed by atoms with van der Waals surface area (Å²) in [5, 5.41) is 10.1. The van der Waals surface area contributed by atoms with Crippen molar-refractivity contribution in [2.75, 3.05) is 6.26 Å². The van der Waals surface area contributed by atoms with Gasteiger partial charge < -0.3 is 10.8 Å². The number of phenolic OH excluding ortho intramolecular Hbond substituents is 1. The van der Waals surface area contributed by atoms with Gasteiger partial charge in [0, 0.05) is 26.5 Å². The molecule has 1 aliphatic rings. The second kappa shape index (κ2) is 7.61. The normalized spacial score (nSPS) is 21.7. The quantitative estimate of drug-likeness (QED) is 0.745. The molecule has 130 valence electrons. The predicted molar refractivity (Wildman–Crippen MR) is 108 cm³/mol. The monoisotopic (exact) mass is 381 g/mol. The highest BCUT2D eigenvalue weighted by atomic mass is 35.5. The van der Waals surface area contributed by atoms with Gasteiger partial charge in [-0.15, -0.1) is 35.9 Å². The fourth-order valence-corrected chi connectivity index (χ4v) is 5.08. The number of hydrogen-bond donors (Lipinski definition) is 2. The fraction of sp³-hybridized carbons (Fsp3) is 0.368. The lowest BCUT2D eigenvalue weighted by molar-refractivity contribution is 0.369. The third kappa shape index (κ3) is 3.72. The van der Waals surface area contributed by atoms with Crippen LogP contribution in [0, 0.1) is 0 Å². The van der Waals surface area contributed by atoms with Crippen LogP contribution in [0.1, 0.15) is 25.0 Å². The summed E-state index contributed by atoms with van der Waals surface area (Å²) in [5.41, 5.74) is 8.95. The van der Waals surface area contributed by atoms with Crippen LogP contribution in [0.25, 0.3) is 0 Å². The third-order valence-corrected chi connectivity index (χ3v) is 6.84. The first-order valence-corrected chi connectivity index (χ1v) is 9.91. The van der Waals surface area contributed by atoms with Crippen LogP contribution < -0.4 is 5.73 Å². The van der Waals surface area contributed by atoms with Crippen LogP contribution in [-0.4, -0.2) is 22.7 Å². The lowest BCUT2D eigenvalue weighted by atomic mass is 9.69. The van der Waals surface area contributed by atoms with Crippen molar-refractivity contribution in [2.45, 2.75) is 46.8 Å². The van der Waals surface area contributed by atoms with Crippen LogP contribution in [0.5, 0.6) is 5.75 Å². The molecule has 2 atom stereocenters. The fourth-order valence-electron chi connectivity index (χ4n) is 3.27. The molecule has 2 nitrogen and oxygen atoms in total. The number of aromatic hydroxyl groups is 1. The molecular weight excluding hydrogens is 358 g/mol. The molecule has 0 spiro atoms. The Labute approximate surface area is 159 Å². The van der Waals surface area contributed by atoms with Crippen LogP contribution in [0.2, 0.25) is 0 Å². The van der Waals surface area contributed by atoms with Crippen molar-refractivity contribution in [1.29, 1.82) is 0 Å². The van der Waals surface area contributed by atoms with Crippen LogP contribution in [-0.2, 0) is 11.8 Å². The number of nitrogens with two attached hydrogens (primary N) is 1. The molecule has 0 unspecified atom stereocenters. The molecule has 24 heavy (non-hydrogen) atoms. The van der Waals surface area contributed by atoms with Crippen molar-refractivity contribution in [2.24, 2.45) is 5.73 Å².